The molecule has 2 N–H and O–H groups in total. The minimum Gasteiger partial charge on any atom is -0.393 e. The minimum atomic E-state index is -0.229. The highest BCUT2D eigenvalue weighted by molar-refractivity contribution is 5.95. The molecule has 10 heteroatoms. The second kappa shape index (κ2) is 10.3. The first-order valence-electron chi connectivity index (χ1n) is 12.2. The first-order chi connectivity index (χ1) is 17.0. The molecule has 1 saturated carbocycles. The molecule has 4 heterocycles. The fourth-order valence-corrected chi connectivity index (χ4v) is 4.98. The molecule has 0 bridgehead atoms. The van der Waals surface area contributed by atoms with Crippen molar-refractivity contribution >= 4 is 23.2 Å². The van der Waals surface area contributed by atoms with Crippen LogP contribution < -0.4 is 10.2 Å². The Morgan fingerprint density at radius 3 is 2.86 bits per heavy atom. The number of anilines is 2. The molecule has 2 fully saturated rings. The van der Waals surface area contributed by atoms with Crippen LogP contribution in [-0.4, -0.2) is 76.2 Å². The number of aromatic nitrogens is 4. The number of nitrogens with zero attached hydrogens (tertiary/aromatic N) is 5. The lowest BCUT2D eigenvalue weighted by Crippen LogP contribution is -2.42. The van der Waals surface area contributed by atoms with E-state index in [1.807, 2.05) is 29.8 Å². The molecule has 1 amide bonds. The Morgan fingerprint density at radius 1 is 1.26 bits per heavy atom. The van der Waals surface area contributed by atoms with Gasteiger partial charge in [0.1, 0.15) is 12.4 Å². The summed E-state index contributed by atoms with van der Waals surface area (Å²) in [5, 5.41) is 18.2. The van der Waals surface area contributed by atoms with Gasteiger partial charge in [-0.15, -0.1) is 5.10 Å². The molecule has 3 aromatic rings. The smallest absolute Gasteiger partial charge is 0.254 e. The van der Waals surface area contributed by atoms with Crippen LogP contribution >= 0.6 is 0 Å². The first kappa shape index (κ1) is 23.7. The second-order valence-electron chi connectivity index (χ2n) is 9.37. The summed E-state index contributed by atoms with van der Waals surface area (Å²) < 4.78 is 12.5. The molecule has 0 unspecified atom stereocenters. The topological polar surface area (TPSA) is 114 Å². The van der Waals surface area contributed by atoms with Gasteiger partial charge in [0.2, 0.25) is 5.95 Å². The predicted octanol–water partition coefficient (Wildman–Crippen LogP) is 2.62. The number of carbonyl (C=O) groups excluding carboxylic acids is 1. The van der Waals surface area contributed by atoms with Crippen molar-refractivity contribution in [2.45, 2.75) is 50.7 Å². The average molecular weight is 481 g/mol. The largest absolute Gasteiger partial charge is 0.393 e. The summed E-state index contributed by atoms with van der Waals surface area (Å²) in [5.74, 6) is 1.36. The van der Waals surface area contributed by atoms with E-state index in [1.165, 1.54) is 0 Å². The Labute approximate surface area is 204 Å². The molecule has 10 nitrogen and oxygen atoms in total. The lowest BCUT2D eigenvalue weighted by Gasteiger charge is -2.26. The third-order valence-electron chi connectivity index (χ3n) is 6.77. The van der Waals surface area contributed by atoms with Gasteiger partial charge in [-0.05, 0) is 56.4 Å². The summed E-state index contributed by atoms with van der Waals surface area (Å²) in [5.41, 5.74) is 3.94. The van der Waals surface area contributed by atoms with E-state index in [9.17, 15) is 9.90 Å². The van der Waals surface area contributed by atoms with Gasteiger partial charge >= 0.3 is 0 Å². The van der Waals surface area contributed by atoms with Gasteiger partial charge < -0.3 is 19.9 Å². The highest BCUT2D eigenvalue weighted by Gasteiger charge is 2.26. The van der Waals surface area contributed by atoms with Crippen LogP contribution in [0.1, 0.15) is 44.2 Å². The fourth-order valence-electron chi connectivity index (χ4n) is 4.98. The Kier molecular flexibility index (Phi) is 6.94. The monoisotopic (exact) mass is 480 g/mol. The number of pyridine rings is 1. The Bertz CT molecular complexity index is 1190. The fraction of sp³-hybridized carbons (Fsp3) is 0.520. The van der Waals surface area contributed by atoms with E-state index >= 15 is 0 Å². The molecule has 0 aromatic carbocycles. The van der Waals surface area contributed by atoms with Crippen LogP contribution in [0.15, 0.2) is 30.6 Å². The van der Waals surface area contributed by atoms with Crippen molar-refractivity contribution < 1.29 is 19.4 Å². The van der Waals surface area contributed by atoms with Crippen LogP contribution in [0.2, 0.25) is 0 Å². The number of aliphatic hydroxyl groups is 1. The number of fused-ring (bicyclic) bond motifs is 1. The summed E-state index contributed by atoms with van der Waals surface area (Å²) in [7, 11) is 1.67. The van der Waals surface area contributed by atoms with E-state index in [4.69, 9.17) is 14.6 Å². The number of amides is 1. The van der Waals surface area contributed by atoms with Crippen LogP contribution in [0.4, 0.5) is 11.8 Å². The molecule has 3 aromatic heterocycles. The maximum absolute atomic E-state index is 12.4. The lowest BCUT2D eigenvalue weighted by atomic mass is 9.85. The summed E-state index contributed by atoms with van der Waals surface area (Å²) >= 11 is 0. The molecule has 35 heavy (non-hydrogen) atoms. The summed E-state index contributed by atoms with van der Waals surface area (Å²) in [4.78, 5) is 23.1. The quantitative estimate of drug-likeness (QED) is 0.531. The molecule has 1 saturated heterocycles. The van der Waals surface area contributed by atoms with Crippen LogP contribution in [0, 0.1) is 0 Å². The molecule has 1 atom stereocenters. The standard InChI is InChI=1S/C25H32N6O4/c1-16(14-34-2)28-25-27-13-22-20(12-21(31(22)29-25)17-3-5-19(32)6-4-17)18-7-8-26-23(11-18)30-9-10-35-15-24(30)33/h7-8,11-13,16-17,19,32H,3-6,9-10,14-15H2,1-2H3,(H,28,29)/t16-,17-,19-/m0/s1. The van der Waals surface area contributed by atoms with Gasteiger partial charge in [-0.25, -0.2) is 14.5 Å². The number of rotatable bonds is 7. The summed E-state index contributed by atoms with van der Waals surface area (Å²) in [6.45, 7) is 3.62. The van der Waals surface area contributed by atoms with Crippen molar-refractivity contribution in [2.24, 2.45) is 0 Å². The van der Waals surface area contributed by atoms with Crippen molar-refractivity contribution in [3.63, 3.8) is 0 Å². The first-order valence-corrected chi connectivity index (χ1v) is 12.2. The van der Waals surface area contributed by atoms with E-state index < -0.39 is 0 Å². The van der Waals surface area contributed by atoms with Gasteiger partial charge in [-0.1, -0.05) is 0 Å². The molecule has 1 aliphatic heterocycles. The molecule has 0 spiro atoms. The van der Waals surface area contributed by atoms with E-state index in [0.717, 1.165) is 48.0 Å². The number of hydrogen-bond acceptors (Lipinski definition) is 8. The SMILES string of the molecule is COC[C@H](C)Nc1ncc2c(-c3ccnc(N4CCOCC4=O)c3)cc([C@H]3CC[C@H](O)CC3)n2n1. The summed E-state index contributed by atoms with van der Waals surface area (Å²) in [6, 6.07) is 6.13. The number of methoxy groups -OCH3 is 1. The minimum absolute atomic E-state index is 0.0644. The number of ether oxygens (including phenoxy) is 2. The second-order valence-corrected chi connectivity index (χ2v) is 9.37. The molecule has 5 rings (SSSR count). The maximum atomic E-state index is 12.4. The van der Waals surface area contributed by atoms with Crippen molar-refractivity contribution in [3.8, 4) is 11.1 Å². The van der Waals surface area contributed by atoms with Gasteiger partial charge in [0.15, 0.2) is 0 Å². The molecular formula is C25H32N6O4. The molecule has 1 aliphatic carbocycles. The van der Waals surface area contributed by atoms with Crippen LogP contribution in [0.3, 0.4) is 0 Å². The van der Waals surface area contributed by atoms with Gasteiger partial charge in [-0.3, -0.25) is 9.69 Å². The Morgan fingerprint density at radius 2 is 2.09 bits per heavy atom. The maximum Gasteiger partial charge on any atom is 0.254 e. The van der Waals surface area contributed by atoms with Crippen molar-refractivity contribution in [2.75, 3.05) is 43.7 Å². The third kappa shape index (κ3) is 5.00. The average Bonchev–Trinajstić information content (AvgIpc) is 3.24. The Hall–Kier alpha value is -3.08. The molecule has 2 aliphatic rings. The highest BCUT2D eigenvalue weighted by Crippen LogP contribution is 2.38. The number of morpholine rings is 1. The van der Waals surface area contributed by atoms with Crippen LogP contribution in [-0.2, 0) is 14.3 Å². The zero-order valence-corrected chi connectivity index (χ0v) is 20.2. The zero-order chi connectivity index (χ0) is 24.4. The normalized spacial score (nSPS) is 21.9. The van der Waals surface area contributed by atoms with Gasteiger partial charge in [-0.2, -0.15) is 0 Å². The van der Waals surface area contributed by atoms with E-state index in [1.54, 1.807) is 18.2 Å². The van der Waals surface area contributed by atoms with Crippen LogP contribution in [0.5, 0.6) is 0 Å². The lowest BCUT2D eigenvalue weighted by molar-refractivity contribution is -0.125. The van der Waals surface area contributed by atoms with E-state index in [-0.39, 0.29) is 24.7 Å². The van der Waals surface area contributed by atoms with Crippen LogP contribution in [0.25, 0.3) is 16.6 Å². The molecular weight excluding hydrogens is 448 g/mol. The van der Waals surface area contributed by atoms with Gasteiger partial charge in [0.05, 0.1) is 37.6 Å². The number of aliphatic hydroxyl groups excluding tert-OH is 1. The highest BCUT2D eigenvalue weighted by atomic mass is 16.5. The molecule has 0 radical (unpaired) electrons. The van der Waals surface area contributed by atoms with E-state index in [0.29, 0.717) is 37.4 Å². The van der Waals surface area contributed by atoms with Crippen molar-refractivity contribution in [1.29, 1.82) is 0 Å². The van der Waals surface area contributed by atoms with Crippen molar-refractivity contribution in [1.82, 2.24) is 19.6 Å². The molecule has 186 valence electrons. The third-order valence-corrected chi connectivity index (χ3v) is 6.77. The number of nitrogens with one attached hydrogen (secondary N) is 1. The zero-order valence-electron chi connectivity index (χ0n) is 20.2. The van der Waals surface area contributed by atoms with E-state index in [2.05, 4.69) is 21.4 Å². The number of hydrogen-bond donors (Lipinski definition) is 2. The van der Waals surface area contributed by atoms with Gasteiger partial charge in [0.25, 0.3) is 5.91 Å². The predicted molar refractivity (Wildman–Crippen MR) is 132 cm³/mol. The Balaban J connectivity index is 1.55. The summed E-state index contributed by atoms with van der Waals surface area (Å²) in [6.07, 6.45) is 6.72. The number of carbonyl (C=O) groups is 1. The van der Waals surface area contributed by atoms with Crippen molar-refractivity contribution in [3.05, 3.63) is 36.3 Å². The van der Waals surface area contributed by atoms with Gasteiger partial charge in [0, 0.05) is 36.5 Å².